The first kappa shape index (κ1) is 91.0. The highest BCUT2D eigenvalue weighted by molar-refractivity contribution is 6.07. The summed E-state index contributed by atoms with van der Waals surface area (Å²) < 4.78 is 0. The Balaban J connectivity index is 0. The summed E-state index contributed by atoms with van der Waals surface area (Å²) in [6.45, 7) is 62.8. The van der Waals surface area contributed by atoms with Crippen LogP contribution in [0.2, 0.25) is 0 Å². The van der Waals surface area contributed by atoms with Crippen molar-refractivity contribution in [3.05, 3.63) is 314 Å². The van der Waals surface area contributed by atoms with Crippen molar-refractivity contribution in [2.45, 2.75) is 201 Å². The van der Waals surface area contributed by atoms with Crippen molar-refractivity contribution in [1.82, 2.24) is 0 Å². The molecular weight excluding hydrogens is 1170 g/mol. The van der Waals surface area contributed by atoms with Gasteiger partial charge in [-0.25, -0.2) is 0 Å². The zero-order valence-corrected chi connectivity index (χ0v) is 66.8. The fourth-order valence-corrected chi connectivity index (χ4v) is 6.96. The molecule has 0 saturated carbocycles. The minimum absolute atomic E-state index is 0.500. The molecule has 0 spiro atoms. The summed E-state index contributed by atoms with van der Waals surface area (Å²) in [6, 6.07) is 102. The van der Waals surface area contributed by atoms with Gasteiger partial charge in [0.15, 0.2) is 0 Å². The highest BCUT2D eigenvalue weighted by Gasteiger charge is 2.00. The second-order valence-electron chi connectivity index (χ2n) is 33.5. The van der Waals surface area contributed by atoms with E-state index in [1.54, 1.807) is 0 Å². The molecule has 0 radical (unpaired) electrons. The van der Waals surface area contributed by atoms with E-state index in [4.69, 9.17) is 0 Å². The number of benzene rings is 12. The quantitative estimate of drug-likeness (QED) is 0.133. The second kappa shape index (κ2) is 49.4. The summed E-state index contributed by atoms with van der Waals surface area (Å²) >= 11 is 0. The van der Waals surface area contributed by atoms with Crippen molar-refractivity contribution in [1.29, 1.82) is 0 Å². The first-order chi connectivity index (χ1) is 45.0. The Labute approximate surface area is 597 Å². The maximum Gasteiger partial charge on any atom is -0.0105 e. The molecule has 0 amide bonds. The number of fused-ring (bicyclic) bond motifs is 6. The van der Waals surface area contributed by atoms with Gasteiger partial charge in [-0.05, 0) is 107 Å². The van der Waals surface area contributed by atoms with E-state index in [2.05, 4.69) is 430 Å². The van der Waals surface area contributed by atoms with Gasteiger partial charge in [0.1, 0.15) is 0 Å². The Hall–Kier alpha value is -8.06. The van der Waals surface area contributed by atoms with Crippen LogP contribution in [0.4, 0.5) is 0 Å². The summed E-state index contributed by atoms with van der Waals surface area (Å²) in [5.74, 6) is 0. The van der Waals surface area contributed by atoms with E-state index in [1.165, 1.54) is 70.6 Å². The third-order valence-electron chi connectivity index (χ3n) is 10.5. The molecule has 0 aliphatic heterocycles. The van der Waals surface area contributed by atoms with Gasteiger partial charge in [-0.15, -0.1) is 0 Å². The normalized spacial score (nSPS) is 10.3. The minimum Gasteiger partial charge on any atom is -0.0683 e. The molecule has 0 unspecified atom stereocenters. The van der Waals surface area contributed by atoms with Crippen molar-refractivity contribution in [3.8, 4) is 0 Å². The van der Waals surface area contributed by atoms with E-state index < -0.39 is 0 Å². The van der Waals surface area contributed by atoms with Gasteiger partial charge >= 0.3 is 0 Å². The van der Waals surface area contributed by atoms with Gasteiger partial charge in [0.05, 0.1) is 0 Å². The van der Waals surface area contributed by atoms with E-state index in [1.807, 2.05) is 68.4 Å². The van der Waals surface area contributed by atoms with Gasteiger partial charge in [0, 0.05) is 0 Å². The Kier molecular flexibility index (Phi) is 46.4. The smallest absolute Gasteiger partial charge is 0.0105 e. The Morgan fingerprint density at radius 2 is 0.237 bits per heavy atom. The van der Waals surface area contributed by atoms with Crippen LogP contribution in [0.5, 0.6) is 0 Å². The molecule has 0 N–H and O–H groups in total. The fraction of sp³-hybridized carbons (Fsp3) is 0.361. The van der Waals surface area contributed by atoms with Gasteiger partial charge < -0.3 is 0 Å². The van der Waals surface area contributed by atoms with E-state index in [0.717, 1.165) is 0 Å². The Morgan fingerprint density at radius 3 is 0.351 bits per heavy atom. The number of hydrogen-bond donors (Lipinski definition) is 0. The monoisotopic (exact) mass is 1300 g/mol. The van der Waals surface area contributed by atoms with Crippen LogP contribution in [0.1, 0.15) is 197 Å². The summed E-state index contributed by atoms with van der Waals surface area (Å²) in [4.78, 5) is 0. The Morgan fingerprint density at radius 1 is 0.134 bits per heavy atom. The van der Waals surface area contributed by atoms with Crippen LogP contribution in [0.15, 0.2) is 297 Å². The third-order valence-corrected chi connectivity index (χ3v) is 10.5. The van der Waals surface area contributed by atoms with Crippen LogP contribution in [-0.4, -0.2) is 0 Å². The molecule has 0 aliphatic carbocycles. The second-order valence-corrected chi connectivity index (χ2v) is 33.5. The average Bonchev–Trinajstić information content (AvgIpc) is 0.811. The van der Waals surface area contributed by atoms with Gasteiger partial charge in [-0.1, -0.05) is 494 Å². The summed E-state index contributed by atoms with van der Waals surface area (Å²) in [6.07, 6.45) is 0. The molecule has 12 rings (SSSR count). The molecule has 12 aromatic carbocycles. The summed E-state index contributed by atoms with van der Waals surface area (Å²) in [5.41, 5.74) is 6.97. The fourth-order valence-electron chi connectivity index (χ4n) is 6.96. The number of hydrogen-bond acceptors (Lipinski definition) is 0. The van der Waals surface area contributed by atoms with Crippen molar-refractivity contribution in [2.24, 2.45) is 32.5 Å². The predicted molar refractivity (Wildman–Crippen MR) is 449 cm³/mol. The molecule has 524 valence electrons. The Bertz CT molecular complexity index is 3150. The zero-order chi connectivity index (χ0) is 74.2. The minimum atomic E-state index is 0.500. The third kappa shape index (κ3) is 63.7. The largest absolute Gasteiger partial charge is 0.0683 e. The molecule has 0 aliphatic rings. The van der Waals surface area contributed by atoms with Crippen molar-refractivity contribution < 1.29 is 0 Å². The highest BCUT2D eigenvalue weighted by Crippen LogP contribution is 2.25. The van der Waals surface area contributed by atoms with Gasteiger partial charge in [-0.2, -0.15) is 0 Å². The maximum absolute atomic E-state index is 2.19. The lowest BCUT2D eigenvalue weighted by atomic mass is 10.0. The lowest BCUT2D eigenvalue weighted by Gasteiger charge is -2.05. The van der Waals surface area contributed by atoms with E-state index >= 15 is 0 Å². The van der Waals surface area contributed by atoms with Crippen LogP contribution in [-0.2, 0) is 0 Å². The van der Waals surface area contributed by atoms with E-state index in [9.17, 15) is 0 Å². The molecular formula is C97H136. The van der Waals surface area contributed by atoms with E-state index in [0.29, 0.717) is 32.5 Å². The van der Waals surface area contributed by atoms with Gasteiger partial charge in [-0.3, -0.25) is 0 Å². The van der Waals surface area contributed by atoms with Gasteiger partial charge in [0.25, 0.3) is 0 Å². The molecule has 12 aromatic rings. The number of rotatable bonds is 0. The molecule has 97 heavy (non-hydrogen) atoms. The first-order valence-corrected chi connectivity index (χ1v) is 35.3. The SMILES string of the molecule is CC.CC(C)(C)C.CC(C)(C)C.CC(C)(C)C.CC(C)(C)C.CC(C)(C)C.CC(C)(C)C.Cc1ccccc1.Cc1ccccc1.Cc1ccccc1.c1ccc2c(c1)ccc1ccccc12.c1ccc2ccccc2c1.c1ccc2ccccc2c1.c1ccc2ccccc2c1. The molecule has 0 aromatic heterocycles. The standard InChI is InChI=1S/C14H10.3C10H8.3C7H8.6C5H12.C2H6/c1-3-7-13-11(5-1)9-10-12-6-2-4-8-14(12)13;3*1-2-6-10-8-4-3-7-9(10)5-1;3*1-7-5-3-2-4-6-7;6*1-5(2,3)4;1-2/h1-10H;3*1-8H;3*2-6H,1H3;6*1-4H3;1-2H3. The molecule has 0 heterocycles. The lowest BCUT2D eigenvalue weighted by Crippen LogP contribution is -1.93. The molecule has 0 fully saturated rings. The van der Waals surface area contributed by atoms with Crippen LogP contribution in [0, 0.1) is 53.3 Å². The maximum atomic E-state index is 2.19. The van der Waals surface area contributed by atoms with Crippen LogP contribution in [0.3, 0.4) is 0 Å². The molecule has 0 saturated heterocycles. The van der Waals surface area contributed by atoms with Crippen molar-refractivity contribution in [2.75, 3.05) is 0 Å². The van der Waals surface area contributed by atoms with Crippen LogP contribution < -0.4 is 0 Å². The molecule has 0 heteroatoms. The summed E-state index contributed by atoms with van der Waals surface area (Å²) in [5, 5.41) is 13.2. The van der Waals surface area contributed by atoms with E-state index in [-0.39, 0.29) is 0 Å². The first-order valence-electron chi connectivity index (χ1n) is 35.3. The van der Waals surface area contributed by atoms with Crippen LogP contribution >= 0.6 is 0 Å². The average molecular weight is 1300 g/mol. The van der Waals surface area contributed by atoms with Crippen LogP contribution in [0.25, 0.3) is 53.9 Å². The highest BCUT2D eigenvalue weighted by atomic mass is 14.1. The molecule has 0 bridgehead atoms. The van der Waals surface area contributed by atoms with Crippen molar-refractivity contribution in [3.63, 3.8) is 0 Å². The predicted octanol–water partition coefficient (Wildman–Crippen LogP) is 31.8. The molecule has 0 nitrogen and oxygen atoms in total. The van der Waals surface area contributed by atoms with Crippen molar-refractivity contribution >= 4 is 53.9 Å². The summed E-state index contributed by atoms with van der Waals surface area (Å²) in [7, 11) is 0. The topological polar surface area (TPSA) is 0 Å². The molecule has 0 atom stereocenters. The lowest BCUT2D eigenvalue weighted by molar-refractivity contribution is 0.469. The van der Waals surface area contributed by atoms with Gasteiger partial charge in [0.2, 0.25) is 0 Å². The number of aryl methyl sites for hydroxylation is 3. The zero-order valence-electron chi connectivity index (χ0n) is 66.8.